The zero-order chi connectivity index (χ0) is 18.1. The lowest BCUT2D eigenvalue weighted by atomic mass is 10.0. The van der Waals surface area contributed by atoms with Gasteiger partial charge in [-0.25, -0.2) is 15.0 Å². The Hall–Kier alpha value is -3.87. The minimum Gasteiger partial charge on any atom is -0.350 e. The third kappa shape index (κ3) is 2.85. The molecule has 0 aliphatic carbocycles. The number of rotatable bonds is 3. The number of anilines is 3. The van der Waals surface area contributed by atoms with E-state index >= 15 is 0 Å². The molecule has 1 aliphatic rings. The highest BCUT2D eigenvalue weighted by Gasteiger charge is 2.21. The lowest BCUT2D eigenvalue weighted by Crippen LogP contribution is -2.05. The molecule has 0 spiro atoms. The van der Waals surface area contributed by atoms with Crippen molar-refractivity contribution in [2.75, 3.05) is 10.6 Å². The quantitative estimate of drug-likeness (QED) is 0.511. The lowest BCUT2D eigenvalue weighted by molar-refractivity contribution is 1.05. The lowest BCUT2D eigenvalue weighted by Gasteiger charge is -2.11. The summed E-state index contributed by atoms with van der Waals surface area (Å²) in [7, 11) is 0. The molecule has 5 rings (SSSR count). The Bertz CT molecular complexity index is 1110. The fraction of sp³-hybridized carbons (Fsp3) is 0.0500. The molecule has 0 fully saturated rings. The Morgan fingerprint density at radius 1 is 0.815 bits per heavy atom. The molecule has 130 valence electrons. The Kier molecular flexibility index (Phi) is 3.68. The highest BCUT2D eigenvalue weighted by atomic mass is 15.1. The summed E-state index contributed by atoms with van der Waals surface area (Å²) in [6.07, 6.45) is 10.7. The van der Waals surface area contributed by atoms with Gasteiger partial charge in [-0.2, -0.15) is 0 Å². The summed E-state index contributed by atoms with van der Waals surface area (Å²) < 4.78 is 0. The Morgan fingerprint density at radius 3 is 2.63 bits per heavy atom. The highest BCUT2D eigenvalue weighted by Crippen LogP contribution is 2.41. The summed E-state index contributed by atoms with van der Waals surface area (Å²) in [5, 5.41) is 6.64. The standard InChI is InChI=1S/C20H15N7/c1-2-15-18-16(14-5-9-22-12-17(14)26-19(15)23-6-1)11-25-20(27-18)24-10-13-3-7-21-8-4-13/h1-9,11-12H,10H2,(H,23,26)(H,24,25,27). The maximum Gasteiger partial charge on any atom is 0.223 e. The van der Waals surface area contributed by atoms with E-state index in [0.29, 0.717) is 12.5 Å². The first-order valence-corrected chi connectivity index (χ1v) is 8.55. The molecule has 0 saturated carbocycles. The van der Waals surface area contributed by atoms with Crippen molar-refractivity contribution in [3.63, 3.8) is 0 Å². The molecule has 0 unspecified atom stereocenters. The molecule has 4 aromatic heterocycles. The molecule has 0 aromatic carbocycles. The number of pyridine rings is 3. The van der Waals surface area contributed by atoms with Crippen molar-refractivity contribution in [2.45, 2.75) is 6.54 Å². The number of nitrogens with zero attached hydrogens (tertiary/aromatic N) is 5. The molecule has 4 aromatic rings. The molecule has 0 amide bonds. The maximum atomic E-state index is 4.79. The molecule has 27 heavy (non-hydrogen) atoms. The largest absolute Gasteiger partial charge is 0.350 e. The van der Waals surface area contributed by atoms with Gasteiger partial charge in [0.15, 0.2) is 0 Å². The van der Waals surface area contributed by atoms with Crippen molar-refractivity contribution in [1.82, 2.24) is 24.9 Å². The monoisotopic (exact) mass is 353 g/mol. The second kappa shape index (κ2) is 6.45. The smallest absolute Gasteiger partial charge is 0.223 e. The van der Waals surface area contributed by atoms with Gasteiger partial charge in [-0.3, -0.25) is 9.97 Å². The predicted octanol–water partition coefficient (Wildman–Crippen LogP) is 3.66. The first-order chi connectivity index (χ1) is 13.4. The molecular formula is C20H15N7. The van der Waals surface area contributed by atoms with Crippen molar-refractivity contribution in [3.8, 4) is 22.4 Å². The van der Waals surface area contributed by atoms with Crippen LogP contribution < -0.4 is 10.6 Å². The van der Waals surface area contributed by atoms with E-state index in [1.807, 2.05) is 36.5 Å². The number of hydrogen-bond acceptors (Lipinski definition) is 7. The summed E-state index contributed by atoms with van der Waals surface area (Å²) in [6, 6.07) is 9.80. The molecule has 0 saturated heterocycles. The topological polar surface area (TPSA) is 88.5 Å². The van der Waals surface area contributed by atoms with E-state index in [0.717, 1.165) is 39.5 Å². The van der Waals surface area contributed by atoms with Crippen LogP contribution in [0.1, 0.15) is 5.56 Å². The fourth-order valence-corrected chi connectivity index (χ4v) is 3.10. The first kappa shape index (κ1) is 15.4. The molecule has 0 bridgehead atoms. The normalized spacial score (nSPS) is 11.4. The SMILES string of the molecule is c1cnc2c(c1)-c1nc(NCc3ccncc3)ncc1-c1ccncc1N2. The van der Waals surface area contributed by atoms with Gasteiger partial charge in [0, 0.05) is 54.2 Å². The minimum atomic E-state index is 0.567. The van der Waals surface area contributed by atoms with E-state index in [9.17, 15) is 0 Å². The first-order valence-electron chi connectivity index (χ1n) is 8.55. The molecule has 0 radical (unpaired) electrons. The number of aromatic nitrogens is 5. The summed E-state index contributed by atoms with van der Waals surface area (Å²) >= 11 is 0. The van der Waals surface area contributed by atoms with Crippen molar-refractivity contribution in [2.24, 2.45) is 0 Å². The third-order valence-corrected chi connectivity index (χ3v) is 4.42. The van der Waals surface area contributed by atoms with E-state index in [-0.39, 0.29) is 0 Å². The van der Waals surface area contributed by atoms with Crippen LogP contribution in [0, 0.1) is 0 Å². The van der Waals surface area contributed by atoms with Crippen LogP contribution in [-0.2, 0) is 6.54 Å². The van der Waals surface area contributed by atoms with Gasteiger partial charge < -0.3 is 10.6 Å². The average molecular weight is 353 g/mol. The molecule has 7 heteroatoms. The van der Waals surface area contributed by atoms with Crippen LogP contribution in [0.15, 0.2) is 67.5 Å². The van der Waals surface area contributed by atoms with Crippen LogP contribution in [-0.4, -0.2) is 24.9 Å². The number of fused-ring (bicyclic) bond motifs is 5. The van der Waals surface area contributed by atoms with E-state index in [2.05, 4.69) is 30.6 Å². The van der Waals surface area contributed by atoms with Crippen LogP contribution in [0.2, 0.25) is 0 Å². The molecule has 7 nitrogen and oxygen atoms in total. The zero-order valence-electron chi connectivity index (χ0n) is 14.3. The van der Waals surface area contributed by atoms with Crippen molar-refractivity contribution in [1.29, 1.82) is 0 Å². The summed E-state index contributed by atoms with van der Waals surface area (Å²) in [5.74, 6) is 1.32. The molecule has 0 atom stereocenters. The Labute approximate surface area is 155 Å². The maximum absolute atomic E-state index is 4.79. The van der Waals surface area contributed by atoms with Gasteiger partial charge in [0.25, 0.3) is 0 Å². The van der Waals surface area contributed by atoms with Crippen LogP contribution in [0.3, 0.4) is 0 Å². The van der Waals surface area contributed by atoms with Crippen LogP contribution in [0.4, 0.5) is 17.5 Å². The Balaban J connectivity index is 1.59. The van der Waals surface area contributed by atoms with Crippen LogP contribution in [0.5, 0.6) is 0 Å². The van der Waals surface area contributed by atoms with Crippen molar-refractivity contribution >= 4 is 17.5 Å². The predicted molar refractivity (Wildman–Crippen MR) is 103 cm³/mol. The number of hydrogen-bond donors (Lipinski definition) is 2. The van der Waals surface area contributed by atoms with Gasteiger partial charge in [0.1, 0.15) is 5.82 Å². The zero-order valence-corrected chi connectivity index (χ0v) is 14.3. The highest BCUT2D eigenvalue weighted by molar-refractivity contribution is 5.95. The summed E-state index contributed by atoms with van der Waals surface area (Å²) in [6.45, 7) is 0.625. The minimum absolute atomic E-state index is 0.567. The van der Waals surface area contributed by atoms with Gasteiger partial charge in [-0.15, -0.1) is 0 Å². The van der Waals surface area contributed by atoms with Crippen LogP contribution >= 0.6 is 0 Å². The van der Waals surface area contributed by atoms with Gasteiger partial charge in [-0.05, 0) is 35.9 Å². The van der Waals surface area contributed by atoms with Crippen molar-refractivity contribution in [3.05, 3.63) is 73.1 Å². The average Bonchev–Trinajstić information content (AvgIpc) is 2.87. The number of nitrogens with one attached hydrogen (secondary N) is 2. The summed E-state index contributed by atoms with van der Waals surface area (Å²) in [4.78, 5) is 22.0. The van der Waals surface area contributed by atoms with E-state index in [1.54, 1.807) is 31.0 Å². The van der Waals surface area contributed by atoms with Gasteiger partial charge in [-0.1, -0.05) is 0 Å². The van der Waals surface area contributed by atoms with Crippen LogP contribution in [0.25, 0.3) is 22.4 Å². The van der Waals surface area contributed by atoms with E-state index < -0.39 is 0 Å². The molecule has 5 heterocycles. The third-order valence-electron chi connectivity index (χ3n) is 4.42. The fourth-order valence-electron chi connectivity index (χ4n) is 3.10. The van der Waals surface area contributed by atoms with E-state index in [1.165, 1.54) is 0 Å². The van der Waals surface area contributed by atoms with Gasteiger partial charge in [0.2, 0.25) is 5.95 Å². The van der Waals surface area contributed by atoms with Gasteiger partial charge >= 0.3 is 0 Å². The second-order valence-corrected chi connectivity index (χ2v) is 6.11. The van der Waals surface area contributed by atoms with Gasteiger partial charge in [0.05, 0.1) is 17.6 Å². The Morgan fingerprint density at radius 2 is 1.70 bits per heavy atom. The second-order valence-electron chi connectivity index (χ2n) is 6.11. The van der Waals surface area contributed by atoms with E-state index in [4.69, 9.17) is 4.98 Å². The summed E-state index contributed by atoms with van der Waals surface area (Å²) in [5.41, 5.74) is 5.71. The molecule has 2 N–H and O–H groups in total. The molecule has 1 aliphatic heterocycles. The molecular weight excluding hydrogens is 338 g/mol. The van der Waals surface area contributed by atoms with Crippen molar-refractivity contribution < 1.29 is 0 Å².